The molecule has 43 heavy (non-hydrogen) atoms. The van der Waals surface area contributed by atoms with Gasteiger partial charge in [-0.3, -0.25) is 4.79 Å². The van der Waals surface area contributed by atoms with Gasteiger partial charge in [0.25, 0.3) is 0 Å². The first kappa shape index (κ1) is 37.9. The van der Waals surface area contributed by atoms with E-state index in [-0.39, 0.29) is 17.5 Å². The number of unbranched alkanes of at least 4 members (excludes halogenated alkanes) is 2. The summed E-state index contributed by atoms with van der Waals surface area (Å²) in [5.74, 6) is -0.395. The van der Waals surface area contributed by atoms with Crippen molar-refractivity contribution < 1.29 is 18.5 Å². The van der Waals surface area contributed by atoms with E-state index in [1.165, 1.54) is 12.1 Å². The molecule has 1 amide bonds. The highest BCUT2D eigenvalue weighted by Crippen LogP contribution is 2.28. The Balaban J connectivity index is 0.00000221. The van der Waals surface area contributed by atoms with E-state index in [1.54, 1.807) is 6.07 Å². The van der Waals surface area contributed by atoms with E-state index in [1.807, 2.05) is 61.6 Å². The maximum Gasteiger partial charge on any atom is 0.238 e. The van der Waals surface area contributed by atoms with Crippen LogP contribution in [0.1, 0.15) is 64.0 Å². The molecule has 0 aliphatic heterocycles. The molecule has 0 aliphatic carbocycles. The third-order valence-electron chi connectivity index (χ3n) is 6.60. The number of carbonyl (C=O) groups excluding carboxylic acids is 1. The summed E-state index contributed by atoms with van der Waals surface area (Å²) in [6.45, 7) is 9.95. The minimum absolute atomic E-state index is 0.0388. The van der Waals surface area contributed by atoms with Crippen LogP contribution in [0, 0.1) is 11.7 Å². The standard InChI is InChI=1S/C31H41FN4O2S.C2H6.CH4O/c1-23(2)22-36(39(38)26-17-18-28(33)27(32)21-26)20-12-6-11-19-35-31(37)30(34-3)29(24-13-7-4-8-14-24)25-15-9-5-10-16-25;2*1-2/h4-5,7-10,13-18,21,23,29-30,34H,6,11-12,19-20,22,33H2,1-3H3,(H,35,37);1-2H3;2H,1H3. The molecule has 0 saturated heterocycles. The van der Waals surface area contributed by atoms with E-state index >= 15 is 0 Å². The van der Waals surface area contributed by atoms with Gasteiger partial charge in [-0.1, -0.05) is 94.8 Å². The Bertz CT molecular complexity index is 1160. The monoisotopic (exact) mass is 614 g/mol. The van der Waals surface area contributed by atoms with Crippen LogP contribution in [0.2, 0.25) is 0 Å². The van der Waals surface area contributed by atoms with Gasteiger partial charge in [0.1, 0.15) is 16.8 Å². The van der Waals surface area contributed by atoms with E-state index in [0.717, 1.165) is 37.5 Å². The molecule has 0 bridgehead atoms. The van der Waals surface area contributed by atoms with Crippen molar-refractivity contribution in [3.05, 3.63) is 95.8 Å². The lowest BCUT2D eigenvalue weighted by Crippen LogP contribution is -2.47. The third-order valence-corrected chi connectivity index (χ3v) is 8.06. The zero-order chi connectivity index (χ0) is 32.2. The van der Waals surface area contributed by atoms with Crippen molar-refractivity contribution in [1.29, 1.82) is 0 Å². The van der Waals surface area contributed by atoms with Crippen molar-refractivity contribution in [2.45, 2.75) is 63.8 Å². The molecule has 9 heteroatoms. The number of benzene rings is 3. The van der Waals surface area contributed by atoms with Gasteiger partial charge in [-0.25, -0.2) is 12.9 Å². The number of hydrogen-bond acceptors (Lipinski definition) is 5. The van der Waals surface area contributed by atoms with E-state index in [9.17, 15) is 13.4 Å². The largest absolute Gasteiger partial charge is 0.400 e. The van der Waals surface area contributed by atoms with Crippen LogP contribution in [-0.2, 0) is 15.8 Å². The second-order valence-electron chi connectivity index (χ2n) is 10.1. The lowest BCUT2D eigenvalue weighted by atomic mass is 9.84. The van der Waals surface area contributed by atoms with Crippen LogP contribution in [0.3, 0.4) is 0 Å². The lowest BCUT2D eigenvalue weighted by molar-refractivity contribution is -0.123. The maximum atomic E-state index is 13.9. The minimum Gasteiger partial charge on any atom is -0.400 e. The maximum absolute atomic E-state index is 13.9. The first-order chi connectivity index (χ1) is 20.8. The number of carbonyl (C=O) groups is 1. The molecular weight excluding hydrogens is 563 g/mol. The molecule has 0 heterocycles. The van der Waals surface area contributed by atoms with Crippen LogP contribution in [-0.4, -0.2) is 59.4 Å². The lowest BCUT2D eigenvalue weighted by Gasteiger charge is -2.27. The summed E-state index contributed by atoms with van der Waals surface area (Å²) in [6.07, 6.45) is 2.49. The van der Waals surface area contributed by atoms with Crippen LogP contribution < -0.4 is 16.4 Å². The predicted molar refractivity (Wildman–Crippen MR) is 178 cm³/mol. The Labute approximate surface area is 260 Å². The SMILES string of the molecule is CC.CNC(C(=O)NCCCCCN(CC(C)C)S(=O)c1ccc(N)c(F)c1)C(c1ccccc1)c1ccccc1.CO. The number of nitrogen functional groups attached to an aromatic ring is 1. The molecule has 0 aromatic heterocycles. The van der Waals surface area contributed by atoms with Gasteiger partial charge in [0.15, 0.2) is 0 Å². The molecule has 3 rings (SSSR count). The highest BCUT2D eigenvalue weighted by atomic mass is 32.2. The molecule has 238 valence electrons. The number of anilines is 1. The number of amides is 1. The van der Waals surface area contributed by atoms with Gasteiger partial charge in [0.2, 0.25) is 5.91 Å². The Morgan fingerprint density at radius 1 is 0.930 bits per heavy atom. The zero-order valence-electron chi connectivity index (χ0n) is 26.6. The summed E-state index contributed by atoms with van der Waals surface area (Å²) < 4.78 is 28.9. The molecule has 0 aliphatic rings. The van der Waals surface area contributed by atoms with Crippen LogP contribution in [0.15, 0.2) is 83.8 Å². The summed E-state index contributed by atoms with van der Waals surface area (Å²) in [5, 5.41) is 13.3. The molecule has 2 unspecified atom stereocenters. The summed E-state index contributed by atoms with van der Waals surface area (Å²) in [6, 6.07) is 24.1. The first-order valence-electron chi connectivity index (χ1n) is 15.0. The Morgan fingerprint density at radius 2 is 1.49 bits per heavy atom. The number of likely N-dealkylation sites (N-methyl/N-ethyl adjacent to an activating group) is 1. The fourth-order valence-corrected chi connectivity index (χ4v) is 6.09. The van der Waals surface area contributed by atoms with Gasteiger partial charge >= 0.3 is 0 Å². The van der Waals surface area contributed by atoms with E-state index in [4.69, 9.17) is 10.8 Å². The first-order valence-corrected chi connectivity index (χ1v) is 16.1. The Kier molecular flexibility index (Phi) is 19.0. The zero-order valence-corrected chi connectivity index (χ0v) is 27.4. The second kappa shape index (κ2) is 21.6. The number of aliphatic hydroxyl groups is 1. The Morgan fingerprint density at radius 3 is 1.98 bits per heavy atom. The minimum atomic E-state index is -1.46. The number of halogens is 1. The van der Waals surface area contributed by atoms with Gasteiger partial charge in [0, 0.05) is 32.7 Å². The van der Waals surface area contributed by atoms with Gasteiger partial charge in [-0.15, -0.1) is 0 Å². The quantitative estimate of drug-likeness (QED) is 0.129. The van der Waals surface area contributed by atoms with Gasteiger partial charge in [0.05, 0.1) is 16.6 Å². The number of nitrogens with one attached hydrogen (secondary N) is 2. The number of aliphatic hydroxyl groups excluding tert-OH is 1. The molecule has 5 N–H and O–H groups in total. The molecule has 0 saturated carbocycles. The van der Waals surface area contributed by atoms with Gasteiger partial charge < -0.3 is 21.5 Å². The van der Waals surface area contributed by atoms with Gasteiger partial charge in [-0.2, -0.15) is 0 Å². The highest BCUT2D eigenvalue weighted by molar-refractivity contribution is 7.82. The molecule has 3 aromatic rings. The summed E-state index contributed by atoms with van der Waals surface area (Å²) in [4.78, 5) is 13.7. The smallest absolute Gasteiger partial charge is 0.238 e. The van der Waals surface area contributed by atoms with E-state index < -0.39 is 22.8 Å². The van der Waals surface area contributed by atoms with Crippen LogP contribution in [0.5, 0.6) is 0 Å². The molecule has 7 nitrogen and oxygen atoms in total. The molecule has 2 atom stereocenters. The third kappa shape index (κ3) is 12.6. The molecule has 3 aromatic carbocycles. The fraction of sp³-hybridized carbons (Fsp3) is 0.441. The van der Waals surface area contributed by atoms with Crippen molar-refractivity contribution in [2.24, 2.45) is 5.92 Å². The van der Waals surface area contributed by atoms with Crippen LogP contribution in [0.25, 0.3) is 0 Å². The highest BCUT2D eigenvalue weighted by Gasteiger charge is 2.29. The summed E-state index contributed by atoms with van der Waals surface area (Å²) in [5.41, 5.74) is 7.79. The number of nitrogens with zero attached hydrogens (tertiary/aromatic N) is 1. The number of nitrogens with two attached hydrogens (primary N) is 1. The fourth-order valence-electron chi connectivity index (χ4n) is 4.67. The van der Waals surface area contributed by atoms with Crippen LogP contribution in [0.4, 0.5) is 10.1 Å². The topological polar surface area (TPSA) is 108 Å². The van der Waals surface area contributed by atoms with Crippen molar-refractivity contribution in [3.8, 4) is 0 Å². The predicted octanol–water partition coefficient (Wildman–Crippen LogP) is 5.73. The summed E-state index contributed by atoms with van der Waals surface area (Å²) in [7, 11) is 1.35. The van der Waals surface area contributed by atoms with E-state index in [2.05, 4.69) is 48.7 Å². The molecule has 0 fully saturated rings. The van der Waals surface area contributed by atoms with Crippen molar-refractivity contribution in [1.82, 2.24) is 14.9 Å². The van der Waals surface area contributed by atoms with Crippen LogP contribution >= 0.6 is 0 Å². The van der Waals surface area contributed by atoms with Crippen molar-refractivity contribution in [3.63, 3.8) is 0 Å². The molecule has 0 radical (unpaired) electrons. The van der Waals surface area contributed by atoms with Crippen molar-refractivity contribution >= 4 is 22.6 Å². The second-order valence-corrected chi connectivity index (χ2v) is 11.6. The average molecular weight is 615 g/mol. The summed E-state index contributed by atoms with van der Waals surface area (Å²) >= 11 is 0. The van der Waals surface area contributed by atoms with Crippen molar-refractivity contribution in [2.75, 3.05) is 39.5 Å². The number of hydrogen-bond donors (Lipinski definition) is 4. The Hall–Kier alpha value is -3.11. The molecule has 0 spiro atoms. The molecular formula is C34H51FN4O3S. The number of rotatable bonds is 15. The normalized spacial score (nSPS) is 12.2. The average Bonchev–Trinajstić information content (AvgIpc) is 3.04. The van der Waals surface area contributed by atoms with Gasteiger partial charge in [-0.05, 0) is 55.1 Å². The van der Waals surface area contributed by atoms with E-state index in [0.29, 0.717) is 30.4 Å².